The number of anilines is 1. The van der Waals surface area contributed by atoms with Gasteiger partial charge in [-0.25, -0.2) is 5.53 Å². The normalized spacial score (nSPS) is 9.45. The SMILES string of the molecule is N=Nc1cc(N)c(O)cc1O. The lowest BCUT2D eigenvalue weighted by Crippen LogP contribution is -1.84. The van der Waals surface area contributed by atoms with Gasteiger partial charge in [0.05, 0.1) is 5.69 Å². The van der Waals surface area contributed by atoms with Gasteiger partial charge in [0, 0.05) is 6.07 Å². The molecule has 5 heteroatoms. The van der Waals surface area contributed by atoms with Crippen molar-refractivity contribution in [3.63, 3.8) is 0 Å². The number of rotatable bonds is 1. The van der Waals surface area contributed by atoms with E-state index in [9.17, 15) is 0 Å². The van der Waals surface area contributed by atoms with Crippen LogP contribution in [0.25, 0.3) is 0 Å². The molecule has 5 N–H and O–H groups in total. The number of benzene rings is 1. The first-order valence-corrected chi connectivity index (χ1v) is 2.84. The van der Waals surface area contributed by atoms with E-state index in [0.29, 0.717) is 0 Å². The third-order valence-electron chi connectivity index (χ3n) is 1.24. The van der Waals surface area contributed by atoms with Gasteiger partial charge in [-0.2, -0.15) is 5.11 Å². The lowest BCUT2D eigenvalue weighted by Gasteiger charge is -2.00. The molecule has 5 nitrogen and oxygen atoms in total. The molecule has 0 atom stereocenters. The minimum absolute atomic E-state index is 0.0419. The van der Waals surface area contributed by atoms with Crippen LogP contribution < -0.4 is 5.73 Å². The van der Waals surface area contributed by atoms with Crippen molar-refractivity contribution in [1.29, 1.82) is 5.53 Å². The highest BCUT2D eigenvalue weighted by molar-refractivity contribution is 5.65. The Morgan fingerprint density at radius 2 is 1.91 bits per heavy atom. The maximum Gasteiger partial charge on any atom is 0.146 e. The fraction of sp³-hybridized carbons (Fsp3) is 0. The highest BCUT2D eigenvalue weighted by Gasteiger charge is 2.04. The number of hydrogen-bond acceptors (Lipinski definition) is 5. The second kappa shape index (κ2) is 2.45. The predicted molar refractivity (Wildman–Crippen MR) is 39.0 cm³/mol. The molecule has 0 bridgehead atoms. The van der Waals surface area contributed by atoms with Crippen LogP contribution in [0.5, 0.6) is 11.5 Å². The number of nitrogen functional groups attached to an aromatic ring is 1. The molecule has 0 radical (unpaired) electrons. The third-order valence-corrected chi connectivity index (χ3v) is 1.24. The van der Waals surface area contributed by atoms with Crippen molar-refractivity contribution >= 4 is 11.4 Å². The number of nitrogens with one attached hydrogen (secondary N) is 1. The zero-order valence-corrected chi connectivity index (χ0v) is 5.57. The Morgan fingerprint density at radius 1 is 1.27 bits per heavy atom. The van der Waals surface area contributed by atoms with E-state index >= 15 is 0 Å². The van der Waals surface area contributed by atoms with E-state index in [1.165, 1.54) is 6.07 Å². The lowest BCUT2D eigenvalue weighted by molar-refractivity contribution is 0.453. The summed E-state index contributed by atoms with van der Waals surface area (Å²) in [5.41, 5.74) is 12.0. The van der Waals surface area contributed by atoms with Crippen LogP contribution in [-0.4, -0.2) is 10.2 Å². The van der Waals surface area contributed by atoms with Gasteiger partial charge in [-0.05, 0) is 6.07 Å². The predicted octanol–water partition coefficient (Wildman–Crippen LogP) is 1.34. The standard InChI is InChI=1S/C6H7N3O2/c7-3-1-4(9-8)6(11)2-5(3)10/h1-2,8,10-11H,7H2. The maximum absolute atomic E-state index is 8.99. The third kappa shape index (κ3) is 1.21. The van der Waals surface area contributed by atoms with Crippen molar-refractivity contribution < 1.29 is 10.2 Å². The van der Waals surface area contributed by atoms with Crippen LogP contribution in [0.1, 0.15) is 0 Å². The molecular weight excluding hydrogens is 146 g/mol. The first-order valence-electron chi connectivity index (χ1n) is 2.84. The second-order valence-corrected chi connectivity index (χ2v) is 2.01. The van der Waals surface area contributed by atoms with Crippen LogP contribution in [0, 0.1) is 5.53 Å². The summed E-state index contributed by atoms with van der Waals surface area (Å²) in [7, 11) is 0. The van der Waals surface area contributed by atoms with Crippen LogP contribution in [0.15, 0.2) is 17.2 Å². The summed E-state index contributed by atoms with van der Waals surface area (Å²) in [4.78, 5) is 0. The van der Waals surface area contributed by atoms with E-state index in [1.54, 1.807) is 0 Å². The first kappa shape index (κ1) is 7.33. The molecule has 1 rings (SSSR count). The van der Waals surface area contributed by atoms with Crippen LogP contribution in [0.4, 0.5) is 11.4 Å². The molecule has 0 saturated carbocycles. The summed E-state index contributed by atoms with van der Waals surface area (Å²) in [6.07, 6.45) is 0. The van der Waals surface area contributed by atoms with E-state index < -0.39 is 0 Å². The molecule has 58 valence electrons. The number of nitrogens with two attached hydrogens (primary N) is 1. The highest BCUT2D eigenvalue weighted by Crippen LogP contribution is 2.34. The maximum atomic E-state index is 8.99. The smallest absolute Gasteiger partial charge is 0.146 e. The molecule has 0 fully saturated rings. The van der Waals surface area contributed by atoms with Crippen molar-refractivity contribution in [3.8, 4) is 11.5 Å². The minimum atomic E-state index is -0.258. The molecule has 0 heterocycles. The van der Waals surface area contributed by atoms with Gasteiger partial charge < -0.3 is 15.9 Å². The Hall–Kier alpha value is -1.78. The van der Waals surface area contributed by atoms with Crippen LogP contribution in [0.3, 0.4) is 0 Å². The van der Waals surface area contributed by atoms with Gasteiger partial charge in [-0.1, -0.05) is 0 Å². The first-order chi connectivity index (χ1) is 5.15. The summed E-state index contributed by atoms with van der Waals surface area (Å²) >= 11 is 0. The van der Waals surface area contributed by atoms with Crippen molar-refractivity contribution in [2.45, 2.75) is 0 Å². The van der Waals surface area contributed by atoms with Crippen LogP contribution >= 0.6 is 0 Å². The van der Waals surface area contributed by atoms with E-state index in [0.717, 1.165) is 6.07 Å². The van der Waals surface area contributed by atoms with Gasteiger partial charge in [0.1, 0.15) is 17.2 Å². The molecule has 0 aliphatic heterocycles. The molecule has 0 aliphatic rings. The molecule has 11 heavy (non-hydrogen) atoms. The Balaban J connectivity index is 3.31. The molecule has 0 saturated heterocycles. The quantitative estimate of drug-likeness (QED) is 0.212. The van der Waals surface area contributed by atoms with Crippen LogP contribution in [-0.2, 0) is 0 Å². The van der Waals surface area contributed by atoms with Gasteiger partial charge >= 0.3 is 0 Å². The zero-order chi connectivity index (χ0) is 8.43. The highest BCUT2D eigenvalue weighted by atomic mass is 16.3. The van der Waals surface area contributed by atoms with Gasteiger partial charge in [-0.15, -0.1) is 0 Å². The van der Waals surface area contributed by atoms with Crippen molar-refractivity contribution in [3.05, 3.63) is 12.1 Å². The molecule has 1 aromatic rings. The Kier molecular flexibility index (Phi) is 1.63. The largest absolute Gasteiger partial charge is 0.506 e. The van der Waals surface area contributed by atoms with Gasteiger partial charge in [-0.3, -0.25) is 0 Å². The summed E-state index contributed by atoms with van der Waals surface area (Å²) in [6.45, 7) is 0. The number of nitrogens with zero attached hydrogens (tertiary/aromatic N) is 1. The summed E-state index contributed by atoms with van der Waals surface area (Å²) in [5, 5.41) is 20.9. The average molecular weight is 153 g/mol. The minimum Gasteiger partial charge on any atom is -0.506 e. The number of phenolic OH excluding ortho intramolecular Hbond substituents is 2. The van der Waals surface area contributed by atoms with Crippen molar-refractivity contribution in [2.75, 3.05) is 5.73 Å². The molecule has 0 spiro atoms. The number of aromatic hydroxyl groups is 2. The molecule has 0 aliphatic carbocycles. The molecule has 1 aromatic carbocycles. The Morgan fingerprint density at radius 3 is 2.45 bits per heavy atom. The average Bonchev–Trinajstić information content (AvgIpc) is 1.97. The summed E-state index contributed by atoms with van der Waals surface area (Å²) in [6, 6.07) is 2.26. The Bertz CT molecular complexity index is 298. The molecule has 0 aromatic heterocycles. The van der Waals surface area contributed by atoms with E-state index in [-0.39, 0.29) is 22.9 Å². The molecule has 0 unspecified atom stereocenters. The second-order valence-electron chi connectivity index (χ2n) is 2.01. The van der Waals surface area contributed by atoms with E-state index in [2.05, 4.69) is 5.11 Å². The number of hydrogen-bond donors (Lipinski definition) is 4. The van der Waals surface area contributed by atoms with Gasteiger partial charge in [0.2, 0.25) is 0 Å². The summed E-state index contributed by atoms with van der Waals surface area (Å²) in [5.74, 6) is -0.471. The monoisotopic (exact) mass is 153 g/mol. The lowest BCUT2D eigenvalue weighted by atomic mass is 10.2. The fourth-order valence-electron chi connectivity index (χ4n) is 0.672. The van der Waals surface area contributed by atoms with E-state index in [1.807, 2.05) is 0 Å². The zero-order valence-electron chi connectivity index (χ0n) is 5.57. The van der Waals surface area contributed by atoms with Gasteiger partial charge in [0.25, 0.3) is 0 Å². The molecule has 0 amide bonds. The van der Waals surface area contributed by atoms with Crippen molar-refractivity contribution in [2.24, 2.45) is 5.11 Å². The molecular formula is C6H7N3O2. The van der Waals surface area contributed by atoms with E-state index in [4.69, 9.17) is 21.5 Å². The van der Waals surface area contributed by atoms with Crippen molar-refractivity contribution in [1.82, 2.24) is 0 Å². The van der Waals surface area contributed by atoms with Crippen LogP contribution in [0.2, 0.25) is 0 Å². The Labute approximate surface area is 62.6 Å². The fourth-order valence-corrected chi connectivity index (χ4v) is 0.672. The topological polar surface area (TPSA) is 103 Å². The van der Waals surface area contributed by atoms with Gasteiger partial charge in [0.15, 0.2) is 0 Å². The number of phenols is 2. The summed E-state index contributed by atoms with van der Waals surface area (Å²) < 4.78 is 0.